The molecule has 0 spiro atoms. The van der Waals surface area contributed by atoms with Crippen molar-refractivity contribution in [2.75, 3.05) is 0 Å². The van der Waals surface area contributed by atoms with E-state index in [1.54, 1.807) is 0 Å². The van der Waals surface area contributed by atoms with E-state index in [-0.39, 0.29) is 0 Å². The molecule has 0 amide bonds. The average molecular weight is 369 g/mol. The van der Waals surface area contributed by atoms with Gasteiger partial charge in [0.05, 0.1) is 0 Å². The fraction of sp³-hybridized carbons (Fsp3) is 0.0909. The number of aromatic nitrogens is 4. The summed E-state index contributed by atoms with van der Waals surface area (Å²) in [4.78, 5) is 17.9. The van der Waals surface area contributed by atoms with Gasteiger partial charge in [0.25, 0.3) is 0 Å². The number of rotatable bonds is 4. The molecular weight excluding hydrogens is 348 g/mol. The van der Waals surface area contributed by atoms with E-state index in [4.69, 9.17) is 9.97 Å². The predicted molar refractivity (Wildman–Crippen MR) is 112 cm³/mol. The summed E-state index contributed by atoms with van der Waals surface area (Å²) in [6.45, 7) is 4.63. The van der Waals surface area contributed by atoms with Crippen LogP contribution < -0.4 is 10.6 Å². The third-order valence-corrected chi connectivity index (χ3v) is 7.95. The maximum atomic E-state index is 4.83. The molecule has 0 N–H and O–H groups in total. The predicted octanol–water partition coefficient (Wildman–Crippen LogP) is 3.42. The lowest BCUT2D eigenvalue weighted by molar-refractivity contribution is 1.31. The number of nitrogens with zero attached hydrogens (tertiary/aromatic N) is 4. The van der Waals surface area contributed by atoms with Gasteiger partial charge in [-0.15, -0.1) is 0 Å². The van der Waals surface area contributed by atoms with Crippen LogP contribution in [-0.2, 0) is 0 Å². The van der Waals surface area contributed by atoms with E-state index in [0.29, 0.717) is 0 Å². The van der Waals surface area contributed by atoms with Crippen molar-refractivity contribution in [3.8, 4) is 22.3 Å². The lowest BCUT2D eigenvalue weighted by Crippen LogP contribution is -2.57. The maximum absolute atomic E-state index is 4.83. The minimum absolute atomic E-state index is 1.13. The second-order valence-electron chi connectivity index (χ2n) is 6.90. The van der Waals surface area contributed by atoms with Crippen molar-refractivity contribution in [2.45, 2.75) is 13.1 Å². The van der Waals surface area contributed by atoms with Crippen molar-refractivity contribution < 1.29 is 0 Å². The van der Waals surface area contributed by atoms with Gasteiger partial charge in [-0.3, -0.25) is 19.9 Å². The molecule has 27 heavy (non-hydrogen) atoms. The summed E-state index contributed by atoms with van der Waals surface area (Å²) >= 11 is 0. The monoisotopic (exact) mass is 368 g/mol. The van der Waals surface area contributed by atoms with Crippen molar-refractivity contribution in [2.24, 2.45) is 0 Å². The van der Waals surface area contributed by atoms with Gasteiger partial charge in [0.1, 0.15) is 0 Å². The number of pyridine rings is 4. The van der Waals surface area contributed by atoms with E-state index in [9.17, 15) is 0 Å². The van der Waals surface area contributed by atoms with Crippen molar-refractivity contribution in [3.05, 3.63) is 85.7 Å². The second-order valence-corrected chi connectivity index (χ2v) is 11.1. The van der Waals surface area contributed by atoms with Crippen LogP contribution in [0.4, 0.5) is 0 Å². The minimum Gasteiger partial charge on any atom is -0.265 e. The van der Waals surface area contributed by atoms with Crippen LogP contribution >= 0.6 is 0 Å². The Balaban J connectivity index is 1.90. The molecule has 0 aromatic carbocycles. The Bertz CT molecular complexity index is 965. The van der Waals surface area contributed by atoms with Crippen molar-refractivity contribution in [1.82, 2.24) is 19.9 Å². The highest BCUT2D eigenvalue weighted by Gasteiger charge is 2.34. The molecule has 4 aromatic heterocycles. The van der Waals surface area contributed by atoms with Crippen LogP contribution in [-0.4, -0.2) is 28.0 Å². The van der Waals surface area contributed by atoms with Gasteiger partial charge in [-0.25, -0.2) is 0 Å². The first kappa shape index (κ1) is 17.2. The quantitative estimate of drug-likeness (QED) is 0.518. The Morgan fingerprint density at radius 3 is 1.37 bits per heavy atom. The maximum Gasteiger partial charge on any atom is 0.160 e. The molecule has 0 saturated heterocycles. The minimum atomic E-state index is -2.17. The van der Waals surface area contributed by atoms with Crippen LogP contribution in [0.3, 0.4) is 0 Å². The molecule has 0 aliphatic carbocycles. The van der Waals surface area contributed by atoms with E-state index in [2.05, 4.69) is 35.2 Å². The van der Waals surface area contributed by atoms with Gasteiger partial charge in [0.2, 0.25) is 0 Å². The van der Waals surface area contributed by atoms with E-state index >= 15 is 0 Å². The molecule has 132 valence electrons. The van der Waals surface area contributed by atoms with Crippen LogP contribution in [0.2, 0.25) is 13.1 Å². The van der Waals surface area contributed by atoms with Crippen LogP contribution in [0.25, 0.3) is 22.3 Å². The van der Waals surface area contributed by atoms with E-state index < -0.39 is 8.07 Å². The lowest BCUT2D eigenvalue weighted by atomic mass is 10.1. The Hall–Kier alpha value is -3.18. The first-order chi connectivity index (χ1) is 13.2. The number of hydrogen-bond donors (Lipinski definition) is 0. The molecule has 4 heterocycles. The molecule has 4 aromatic rings. The van der Waals surface area contributed by atoms with Gasteiger partial charge < -0.3 is 0 Å². The molecule has 0 unspecified atom stereocenters. The molecule has 4 nitrogen and oxygen atoms in total. The van der Waals surface area contributed by atoms with Gasteiger partial charge in [-0.2, -0.15) is 0 Å². The van der Waals surface area contributed by atoms with Gasteiger partial charge in [0.15, 0.2) is 8.07 Å². The SMILES string of the molecule is C[Si](C)(c1ncccc1-c1ccncc1)c1ncccc1-c1ccncc1. The lowest BCUT2D eigenvalue weighted by Gasteiger charge is -2.26. The van der Waals surface area contributed by atoms with Crippen molar-refractivity contribution in [1.29, 1.82) is 0 Å². The first-order valence-electron chi connectivity index (χ1n) is 8.90. The fourth-order valence-electron chi connectivity index (χ4n) is 3.45. The molecule has 0 atom stereocenters. The van der Waals surface area contributed by atoms with E-state index in [1.165, 1.54) is 0 Å². The number of hydrogen-bond acceptors (Lipinski definition) is 4. The Labute approximate surface area is 160 Å². The molecule has 0 bridgehead atoms. The van der Waals surface area contributed by atoms with Gasteiger partial charge >= 0.3 is 0 Å². The summed E-state index contributed by atoms with van der Waals surface area (Å²) in [5.74, 6) is 0. The van der Waals surface area contributed by atoms with Crippen LogP contribution in [0, 0.1) is 0 Å². The molecule has 4 rings (SSSR count). The normalized spacial score (nSPS) is 11.3. The van der Waals surface area contributed by atoms with Gasteiger partial charge in [0, 0.05) is 47.8 Å². The largest absolute Gasteiger partial charge is 0.265 e. The van der Waals surface area contributed by atoms with Crippen LogP contribution in [0.1, 0.15) is 0 Å². The molecule has 5 heteroatoms. The molecule has 0 radical (unpaired) electrons. The standard InChI is InChI=1S/C22H20N4Si/c1-27(2,21-19(5-3-11-25-21)17-7-13-23-14-8-17)22-20(6-4-12-26-22)18-9-15-24-16-10-18/h3-16H,1-2H3. The van der Waals surface area contributed by atoms with Crippen LogP contribution in [0.15, 0.2) is 85.7 Å². The molecule has 0 aliphatic heterocycles. The molecular formula is C22H20N4Si. The highest BCUT2D eigenvalue weighted by Crippen LogP contribution is 2.22. The highest BCUT2D eigenvalue weighted by atomic mass is 28.3. The fourth-order valence-corrected chi connectivity index (χ4v) is 6.27. The van der Waals surface area contributed by atoms with Crippen LogP contribution in [0.5, 0.6) is 0 Å². The van der Waals surface area contributed by atoms with Crippen molar-refractivity contribution in [3.63, 3.8) is 0 Å². The molecule has 0 saturated carbocycles. The summed E-state index contributed by atoms with van der Waals surface area (Å²) in [6.07, 6.45) is 11.1. The zero-order chi connectivity index (χ0) is 18.7. The second kappa shape index (κ2) is 7.21. The summed E-state index contributed by atoms with van der Waals surface area (Å²) in [7, 11) is -2.17. The van der Waals surface area contributed by atoms with Gasteiger partial charge in [-0.1, -0.05) is 25.2 Å². The Kier molecular flexibility index (Phi) is 4.60. The van der Waals surface area contributed by atoms with E-state index in [1.807, 2.05) is 73.6 Å². The third-order valence-electron chi connectivity index (χ3n) is 4.78. The first-order valence-corrected chi connectivity index (χ1v) is 11.9. The van der Waals surface area contributed by atoms with Gasteiger partial charge in [-0.05, 0) is 58.7 Å². The topological polar surface area (TPSA) is 51.6 Å². The molecule has 0 fully saturated rings. The molecule has 0 aliphatic rings. The average Bonchev–Trinajstić information content (AvgIpc) is 2.75. The third kappa shape index (κ3) is 3.29. The van der Waals surface area contributed by atoms with Crippen molar-refractivity contribution >= 4 is 18.7 Å². The summed E-state index contributed by atoms with van der Waals surface area (Å²) in [5.41, 5.74) is 4.58. The smallest absolute Gasteiger partial charge is 0.160 e. The zero-order valence-corrected chi connectivity index (χ0v) is 16.4. The Morgan fingerprint density at radius 1 is 0.556 bits per heavy atom. The summed E-state index contributed by atoms with van der Waals surface area (Å²) < 4.78 is 0. The highest BCUT2D eigenvalue weighted by molar-refractivity contribution is 7.00. The summed E-state index contributed by atoms with van der Waals surface area (Å²) in [5, 5.41) is 2.26. The Morgan fingerprint density at radius 2 is 0.963 bits per heavy atom. The summed E-state index contributed by atoms with van der Waals surface area (Å²) in [6, 6.07) is 16.4. The van der Waals surface area contributed by atoms with E-state index in [0.717, 1.165) is 32.9 Å². The zero-order valence-electron chi connectivity index (χ0n) is 15.4.